The van der Waals surface area contributed by atoms with Crippen LogP contribution in [0.2, 0.25) is 0 Å². The van der Waals surface area contributed by atoms with Crippen LogP contribution in [0.4, 0.5) is 5.69 Å². The molecule has 0 aliphatic rings. The summed E-state index contributed by atoms with van der Waals surface area (Å²) in [5, 5.41) is 10.7. The lowest BCUT2D eigenvalue weighted by molar-refractivity contribution is -0.387. The van der Waals surface area contributed by atoms with E-state index in [1.165, 1.54) is 23.9 Å². The van der Waals surface area contributed by atoms with Gasteiger partial charge in [-0.3, -0.25) is 10.1 Å². The zero-order valence-corrected chi connectivity index (χ0v) is 10.9. The van der Waals surface area contributed by atoms with Crippen molar-refractivity contribution in [1.82, 2.24) is 0 Å². The van der Waals surface area contributed by atoms with Gasteiger partial charge in [-0.05, 0) is 37.0 Å². The molecule has 0 saturated heterocycles. The fraction of sp³-hybridized carbons (Fsp3) is 0.250. The van der Waals surface area contributed by atoms with E-state index < -0.39 is 10.9 Å². The third-order valence-electron chi connectivity index (χ3n) is 2.10. The smallest absolute Gasteiger partial charge is 0.330 e. The van der Waals surface area contributed by atoms with E-state index in [4.69, 9.17) is 4.74 Å². The molecule has 0 aliphatic heterocycles. The third-order valence-corrected chi connectivity index (χ3v) is 2.87. The molecule has 18 heavy (non-hydrogen) atoms. The van der Waals surface area contributed by atoms with Crippen LogP contribution in [-0.4, -0.2) is 23.8 Å². The van der Waals surface area contributed by atoms with Crippen LogP contribution in [0, 0.1) is 10.1 Å². The molecule has 96 valence electrons. The van der Waals surface area contributed by atoms with Crippen molar-refractivity contribution >= 4 is 29.5 Å². The summed E-state index contributed by atoms with van der Waals surface area (Å²) in [5.41, 5.74) is 0.786. The summed E-state index contributed by atoms with van der Waals surface area (Å²) in [7, 11) is 0. The van der Waals surface area contributed by atoms with Crippen molar-refractivity contribution in [3.8, 4) is 0 Å². The lowest BCUT2D eigenvalue weighted by Gasteiger charge is -2.01. The second kappa shape index (κ2) is 6.80. The molecule has 0 fully saturated rings. The maximum Gasteiger partial charge on any atom is 0.330 e. The van der Waals surface area contributed by atoms with Crippen molar-refractivity contribution < 1.29 is 14.5 Å². The Hall–Kier alpha value is -1.82. The van der Waals surface area contributed by atoms with Crippen LogP contribution < -0.4 is 0 Å². The van der Waals surface area contributed by atoms with Crippen LogP contribution in [0.15, 0.2) is 29.2 Å². The molecule has 0 heterocycles. The molecular weight excluding hydrogens is 254 g/mol. The van der Waals surface area contributed by atoms with Crippen LogP contribution in [0.1, 0.15) is 12.5 Å². The number of carbonyl (C=O) groups excluding carboxylic acids is 1. The van der Waals surface area contributed by atoms with Crippen molar-refractivity contribution in [3.05, 3.63) is 40.0 Å². The first-order chi connectivity index (χ1) is 8.58. The Morgan fingerprint density at radius 3 is 2.83 bits per heavy atom. The number of hydrogen-bond acceptors (Lipinski definition) is 5. The Morgan fingerprint density at radius 1 is 1.56 bits per heavy atom. The molecule has 1 aromatic carbocycles. The monoisotopic (exact) mass is 267 g/mol. The van der Waals surface area contributed by atoms with E-state index in [0.29, 0.717) is 11.5 Å². The fourth-order valence-corrected chi connectivity index (χ4v) is 1.91. The molecule has 5 nitrogen and oxygen atoms in total. The molecule has 0 aliphatic carbocycles. The Labute approximate surface area is 109 Å². The zero-order chi connectivity index (χ0) is 13.5. The number of esters is 1. The van der Waals surface area contributed by atoms with E-state index in [-0.39, 0.29) is 5.69 Å². The molecule has 1 rings (SSSR count). The van der Waals surface area contributed by atoms with E-state index in [1.54, 1.807) is 31.4 Å². The van der Waals surface area contributed by atoms with Gasteiger partial charge in [0.2, 0.25) is 0 Å². The predicted octanol–water partition coefficient (Wildman–Crippen LogP) is 2.89. The molecule has 0 spiro atoms. The molecule has 6 heteroatoms. The van der Waals surface area contributed by atoms with E-state index in [1.807, 2.05) is 0 Å². The maximum atomic E-state index is 11.1. The number of carbonyl (C=O) groups is 1. The van der Waals surface area contributed by atoms with Crippen molar-refractivity contribution in [2.45, 2.75) is 11.8 Å². The lowest BCUT2D eigenvalue weighted by atomic mass is 10.2. The molecule has 0 bridgehead atoms. The highest BCUT2D eigenvalue weighted by Gasteiger charge is 2.12. The number of nitro benzene ring substituents is 1. The Balaban J connectivity index is 2.92. The minimum Gasteiger partial charge on any atom is -0.463 e. The summed E-state index contributed by atoms with van der Waals surface area (Å²) in [6.45, 7) is 2.04. The molecule has 0 amide bonds. The first-order valence-electron chi connectivity index (χ1n) is 5.25. The molecule has 0 saturated carbocycles. The van der Waals surface area contributed by atoms with Gasteiger partial charge >= 0.3 is 5.97 Å². The number of thioether (sulfide) groups is 1. The van der Waals surface area contributed by atoms with E-state index >= 15 is 0 Å². The van der Waals surface area contributed by atoms with Crippen LogP contribution in [0.3, 0.4) is 0 Å². The molecule has 0 unspecified atom stereocenters. The summed E-state index contributed by atoms with van der Waals surface area (Å²) >= 11 is 1.29. The average Bonchev–Trinajstić information content (AvgIpc) is 2.36. The molecule has 0 atom stereocenters. The summed E-state index contributed by atoms with van der Waals surface area (Å²) < 4.78 is 4.74. The number of nitrogens with zero attached hydrogens (tertiary/aromatic N) is 1. The fourth-order valence-electron chi connectivity index (χ4n) is 1.30. The summed E-state index contributed by atoms with van der Waals surface area (Å²) in [6.07, 6.45) is 4.64. The van der Waals surface area contributed by atoms with E-state index in [2.05, 4.69) is 0 Å². The Kier molecular flexibility index (Phi) is 5.38. The minimum atomic E-state index is -0.429. The van der Waals surface area contributed by atoms with Gasteiger partial charge in [-0.15, -0.1) is 11.8 Å². The van der Waals surface area contributed by atoms with Crippen molar-refractivity contribution in [2.75, 3.05) is 12.9 Å². The molecule has 0 N–H and O–H groups in total. The summed E-state index contributed by atoms with van der Waals surface area (Å²) in [4.78, 5) is 22.0. The van der Waals surface area contributed by atoms with Gasteiger partial charge in [0.1, 0.15) is 0 Å². The standard InChI is InChI=1S/C12H13NO4S/c1-3-17-12(14)7-5-9-4-6-10(13(15)16)11(8-9)18-2/h4-8H,3H2,1-2H3/b7-5-. The third kappa shape index (κ3) is 3.89. The topological polar surface area (TPSA) is 69.4 Å². The summed E-state index contributed by atoms with van der Waals surface area (Å²) in [6, 6.07) is 4.68. The molecular formula is C12H13NO4S. The van der Waals surface area contributed by atoms with E-state index in [0.717, 1.165) is 5.56 Å². The van der Waals surface area contributed by atoms with Crippen LogP contribution in [-0.2, 0) is 9.53 Å². The zero-order valence-electron chi connectivity index (χ0n) is 10.1. The van der Waals surface area contributed by atoms with Crippen molar-refractivity contribution in [1.29, 1.82) is 0 Å². The van der Waals surface area contributed by atoms with E-state index in [9.17, 15) is 14.9 Å². The average molecular weight is 267 g/mol. The lowest BCUT2D eigenvalue weighted by Crippen LogP contribution is -1.98. The quantitative estimate of drug-likeness (QED) is 0.270. The number of ether oxygens (including phenoxy) is 1. The van der Waals surface area contributed by atoms with Gasteiger partial charge in [-0.25, -0.2) is 4.79 Å². The Bertz CT molecular complexity index is 485. The number of rotatable bonds is 5. The largest absolute Gasteiger partial charge is 0.463 e. The van der Waals surface area contributed by atoms with Crippen LogP contribution >= 0.6 is 11.8 Å². The Morgan fingerprint density at radius 2 is 2.28 bits per heavy atom. The second-order valence-corrected chi connectivity index (χ2v) is 4.12. The van der Waals surface area contributed by atoms with Gasteiger partial charge in [0, 0.05) is 12.1 Å². The molecule has 1 aromatic rings. The number of benzene rings is 1. The van der Waals surface area contributed by atoms with Gasteiger partial charge < -0.3 is 4.74 Å². The minimum absolute atomic E-state index is 0.0655. The highest BCUT2D eigenvalue weighted by atomic mass is 32.2. The summed E-state index contributed by atoms with van der Waals surface area (Å²) in [5.74, 6) is -0.429. The number of nitro groups is 1. The SMILES string of the molecule is CCOC(=O)/C=C\c1ccc([N+](=O)[O-])c(SC)c1. The van der Waals surface area contributed by atoms with Crippen molar-refractivity contribution in [3.63, 3.8) is 0 Å². The highest BCUT2D eigenvalue weighted by molar-refractivity contribution is 7.98. The molecule has 0 aromatic heterocycles. The second-order valence-electron chi connectivity index (χ2n) is 3.27. The van der Waals surface area contributed by atoms with Crippen LogP contribution in [0.25, 0.3) is 6.08 Å². The van der Waals surface area contributed by atoms with Crippen molar-refractivity contribution in [2.24, 2.45) is 0 Å². The van der Waals surface area contributed by atoms with Crippen LogP contribution in [0.5, 0.6) is 0 Å². The maximum absolute atomic E-state index is 11.1. The van der Waals surface area contributed by atoms with Gasteiger partial charge in [-0.2, -0.15) is 0 Å². The van der Waals surface area contributed by atoms with Gasteiger partial charge in [0.15, 0.2) is 0 Å². The highest BCUT2D eigenvalue weighted by Crippen LogP contribution is 2.28. The van der Waals surface area contributed by atoms with Gasteiger partial charge in [0.25, 0.3) is 5.69 Å². The first-order valence-corrected chi connectivity index (χ1v) is 6.48. The normalized spacial score (nSPS) is 10.6. The first kappa shape index (κ1) is 14.2. The molecule has 0 radical (unpaired) electrons. The number of hydrogen-bond donors (Lipinski definition) is 0. The van der Waals surface area contributed by atoms with Gasteiger partial charge in [0.05, 0.1) is 16.4 Å². The predicted molar refractivity (Wildman–Crippen MR) is 70.5 cm³/mol. The van der Waals surface area contributed by atoms with Gasteiger partial charge in [-0.1, -0.05) is 0 Å².